The highest BCUT2D eigenvalue weighted by Crippen LogP contribution is 2.27. The Kier molecular flexibility index (Phi) is 5.68. The van der Waals surface area contributed by atoms with E-state index in [1.807, 2.05) is 0 Å². The van der Waals surface area contributed by atoms with Crippen molar-refractivity contribution in [1.82, 2.24) is 4.90 Å². The average molecular weight is 293 g/mol. The molecular weight excluding hydrogens is 279 g/mol. The van der Waals surface area contributed by atoms with Gasteiger partial charge >= 0.3 is 0 Å². The molecule has 4 N–H and O–H groups in total. The van der Waals surface area contributed by atoms with E-state index in [0.717, 1.165) is 0 Å². The molecule has 0 aliphatic heterocycles. The van der Waals surface area contributed by atoms with Gasteiger partial charge in [0.25, 0.3) is 5.91 Å². The molecule has 0 aliphatic rings. The van der Waals surface area contributed by atoms with Crippen molar-refractivity contribution in [3.05, 3.63) is 27.7 Å². The molecule has 0 aromatic heterocycles. The molecule has 0 saturated carbocycles. The Morgan fingerprint density at radius 1 is 1.17 bits per heavy atom. The summed E-state index contributed by atoms with van der Waals surface area (Å²) in [6.45, 7) is -0.185. The molecule has 7 heteroatoms. The van der Waals surface area contributed by atoms with Gasteiger partial charge in [-0.05, 0) is 12.1 Å². The van der Waals surface area contributed by atoms with Crippen molar-refractivity contribution in [1.29, 1.82) is 0 Å². The highest BCUT2D eigenvalue weighted by Gasteiger charge is 2.19. The first-order chi connectivity index (χ1) is 8.51. The fourth-order valence-electron chi connectivity index (χ4n) is 1.46. The monoisotopic (exact) mass is 292 g/mol. The first-order valence-corrected chi connectivity index (χ1v) is 6.02. The lowest BCUT2D eigenvalue weighted by Gasteiger charge is -2.21. The van der Waals surface area contributed by atoms with Crippen LogP contribution >= 0.6 is 23.2 Å². The number of hydrogen-bond donors (Lipinski definition) is 3. The number of nitrogen functional groups attached to an aromatic ring is 1. The van der Waals surface area contributed by atoms with Crippen LogP contribution < -0.4 is 5.73 Å². The number of hydrogen-bond acceptors (Lipinski definition) is 4. The van der Waals surface area contributed by atoms with E-state index in [4.69, 9.17) is 39.1 Å². The molecule has 1 aromatic rings. The Labute approximate surface area is 115 Å². The zero-order chi connectivity index (χ0) is 13.7. The fourth-order valence-corrected chi connectivity index (χ4v) is 1.92. The second-order valence-electron chi connectivity index (χ2n) is 3.59. The van der Waals surface area contributed by atoms with Crippen molar-refractivity contribution < 1.29 is 15.0 Å². The molecule has 1 amide bonds. The normalized spacial score (nSPS) is 10.4. The number of halogens is 2. The SMILES string of the molecule is Nc1cc(C(=O)N(CCO)CCO)c(Cl)cc1Cl. The molecule has 0 heterocycles. The van der Waals surface area contributed by atoms with Crippen molar-refractivity contribution in [2.24, 2.45) is 0 Å². The van der Waals surface area contributed by atoms with E-state index in [2.05, 4.69) is 0 Å². The Hall–Kier alpha value is -1.01. The molecule has 0 spiro atoms. The quantitative estimate of drug-likeness (QED) is 0.707. The molecule has 0 radical (unpaired) electrons. The van der Waals surface area contributed by atoms with Crippen LogP contribution in [0.1, 0.15) is 10.4 Å². The number of rotatable bonds is 5. The van der Waals surface area contributed by atoms with Gasteiger partial charge in [-0.25, -0.2) is 0 Å². The number of carbonyl (C=O) groups is 1. The average Bonchev–Trinajstić information content (AvgIpc) is 2.33. The van der Waals surface area contributed by atoms with Crippen molar-refractivity contribution in [2.45, 2.75) is 0 Å². The predicted octanol–water partition coefficient (Wildman–Crippen LogP) is 1.00. The number of amides is 1. The summed E-state index contributed by atoms with van der Waals surface area (Å²) in [5, 5.41) is 18.2. The third-order valence-corrected chi connectivity index (χ3v) is 2.98. The molecular formula is C11H14Cl2N2O3. The number of aliphatic hydroxyl groups is 2. The van der Waals surface area contributed by atoms with Crippen LogP contribution in [0.25, 0.3) is 0 Å². The maximum atomic E-state index is 12.1. The molecule has 18 heavy (non-hydrogen) atoms. The lowest BCUT2D eigenvalue weighted by atomic mass is 10.1. The number of nitrogens with two attached hydrogens (primary N) is 1. The largest absolute Gasteiger partial charge is 0.398 e. The van der Waals surface area contributed by atoms with Crippen molar-refractivity contribution in [2.75, 3.05) is 32.0 Å². The van der Waals surface area contributed by atoms with Crippen LogP contribution in [0.5, 0.6) is 0 Å². The maximum absolute atomic E-state index is 12.1. The van der Waals surface area contributed by atoms with Gasteiger partial charge in [-0.3, -0.25) is 4.79 Å². The standard InChI is InChI=1S/C11H14Cl2N2O3/c12-8-6-9(13)10(14)5-7(8)11(18)15(1-3-16)2-4-17/h5-6,16-17H,1-4,14H2. The predicted molar refractivity (Wildman–Crippen MR) is 70.9 cm³/mol. The van der Waals surface area contributed by atoms with Crippen molar-refractivity contribution >= 4 is 34.8 Å². The van der Waals surface area contributed by atoms with E-state index >= 15 is 0 Å². The second-order valence-corrected chi connectivity index (χ2v) is 4.41. The van der Waals surface area contributed by atoms with Gasteiger partial charge in [-0.1, -0.05) is 23.2 Å². The summed E-state index contributed by atoms with van der Waals surface area (Å²) in [5.41, 5.74) is 6.06. The summed E-state index contributed by atoms with van der Waals surface area (Å²) in [6, 6.07) is 2.77. The minimum absolute atomic E-state index is 0.109. The van der Waals surface area contributed by atoms with Crippen LogP contribution in [0.3, 0.4) is 0 Å². The Morgan fingerprint density at radius 2 is 1.72 bits per heavy atom. The second kappa shape index (κ2) is 6.80. The third kappa shape index (κ3) is 3.49. The molecule has 100 valence electrons. The van der Waals surface area contributed by atoms with Gasteiger partial charge in [0.1, 0.15) is 0 Å². The Bertz CT molecular complexity index is 435. The van der Waals surface area contributed by atoms with E-state index in [-0.39, 0.29) is 47.6 Å². The lowest BCUT2D eigenvalue weighted by Crippen LogP contribution is -2.36. The minimum Gasteiger partial charge on any atom is -0.398 e. The summed E-state index contributed by atoms with van der Waals surface area (Å²) >= 11 is 11.7. The highest BCUT2D eigenvalue weighted by atomic mass is 35.5. The molecule has 1 aromatic carbocycles. The fraction of sp³-hybridized carbons (Fsp3) is 0.364. The van der Waals surface area contributed by atoms with E-state index in [1.165, 1.54) is 17.0 Å². The zero-order valence-electron chi connectivity index (χ0n) is 9.57. The molecule has 1 rings (SSSR count). The summed E-state index contributed by atoms with van der Waals surface area (Å²) < 4.78 is 0. The highest BCUT2D eigenvalue weighted by molar-refractivity contribution is 6.38. The van der Waals surface area contributed by atoms with Gasteiger partial charge in [0.2, 0.25) is 0 Å². The van der Waals surface area contributed by atoms with Crippen LogP contribution in [0.4, 0.5) is 5.69 Å². The number of aliphatic hydroxyl groups excluding tert-OH is 2. The first kappa shape index (κ1) is 15.0. The molecule has 5 nitrogen and oxygen atoms in total. The molecule has 0 aliphatic carbocycles. The third-order valence-electron chi connectivity index (χ3n) is 2.34. The number of anilines is 1. The van der Waals surface area contributed by atoms with Crippen molar-refractivity contribution in [3.8, 4) is 0 Å². The summed E-state index contributed by atoms with van der Waals surface area (Å²) in [6.07, 6.45) is 0. The van der Waals surface area contributed by atoms with Crippen LogP contribution in [0, 0.1) is 0 Å². The first-order valence-electron chi connectivity index (χ1n) is 5.26. The van der Waals surface area contributed by atoms with Crippen LogP contribution in [-0.4, -0.2) is 47.3 Å². The van der Waals surface area contributed by atoms with Gasteiger partial charge in [0.15, 0.2) is 0 Å². The van der Waals surface area contributed by atoms with E-state index in [9.17, 15) is 4.79 Å². The van der Waals surface area contributed by atoms with Gasteiger partial charge < -0.3 is 20.8 Å². The van der Waals surface area contributed by atoms with E-state index in [0.29, 0.717) is 0 Å². The van der Waals surface area contributed by atoms with Crippen molar-refractivity contribution in [3.63, 3.8) is 0 Å². The summed E-state index contributed by atoms with van der Waals surface area (Å²) in [7, 11) is 0. The van der Waals surface area contributed by atoms with Crippen LogP contribution in [-0.2, 0) is 0 Å². The van der Waals surface area contributed by atoms with E-state index in [1.54, 1.807) is 0 Å². The summed E-state index contributed by atoms with van der Waals surface area (Å²) in [4.78, 5) is 13.4. The topological polar surface area (TPSA) is 86.8 Å². The molecule has 0 saturated heterocycles. The van der Waals surface area contributed by atoms with Gasteiger partial charge in [-0.2, -0.15) is 0 Å². The van der Waals surface area contributed by atoms with Crippen LogP contribution in [0.15, 0.2) is 12.1 Å². The maximum Gasteiger partial charge on any atom is 0.255 e. The van der Waals surface area contributed by atoms with Gasteiger partial charge in [0, 0.05) is 13.1 Å². The van der Waals surface area contributed by atoms with Gasteiger partial charge in [0.05, 0.1) is 34.5 Å². The molecule has 0 bridgehead atoms. The molecule has 0 fully saturated rings. The minimum atomic E-state index is -0.411. The van der Waals surface area contributed by atoms with Gasteiger partial charge in [-0.15, -0.1) is 0 Å². The number of carbonyl (C=O) groups excluding carboxylic acids is 1. The lowest BCUT2D eigenvalue weighted by molar-refractivity contribution is 0.0685. The number of benzene rings is 1. The Morgan fingerprint density at radius 3 is 2.22 bits per heavy atom. The smallest absolute Gasteiger partial charge is 0.255 e. The Balaban J connectivity index is 3.04. The number of nitrogens with zero attached hydrogens (tertiary/aromatic N) is 1. The summed E-state index contributed by atoms with van der Waals surface area (Å²) in [5.74, 6) is -0.411. The van der Waals surface area contributed by atoms with E-state index < -0.39 is 5.91 Å². The van der Waals surface area contributed by atoms with Crippen LogP contribution in [0.2, 0.25) is 10.0 Å². The molecule has 0 unspecified atom stereocenters. The molecule has 0 atom stereocenters. The zero-order valence-corrected chi connectivity index (χ0v) is 11.1.